The van der Waals surface area contributed by atoms with Crippen LogP contribution in [0.3, 0.4) is 0 Å². The van der Waals surface area contributed by atoms with Gasteiger partial charge in [-0.25, -0.2) is 0 Å². The lowest BCUT2D eigenvalue weighted by atomic mass is 9.85. The van der Waals surface area contributed by atoms with Gasteiger partial charge in [0.15, 0.2) is 0 Å². The van der Waals surface area contributed by atoms with Crippen molar-refractivity contribution in [1.29, 1.82) is 0 Å². The monoisotopic (exact) mass is 330 g/mol. The minimum Gasteiger partial charge on any atom is -0.381 e. The zero-order chi connectivity index (χ0) is 16.6. The first-order valence-corrected chi connectivity index (χ1v) is 12.0. The van der Waals surface area contributed by atoms with Crippen molar-refractivity contribution in [1.82, 2.24) is 0 Å². The van der Waals surface area contributed by atoms with Crippen molar-refractivity contribution in [2.75, 3.05) is 33.2 Å². The molecule has 1 aliphatic rings. The van der Waals surface area contributed by atoms with Crippen molar-refractivity contribution in [2.24, 2.45) is 11.8 Å². The number of unbranched alkanes of at least 4 members (excludes halogenated alkanes) is 2. The molecule has 1 fully saturated rings. The lowest BCUT2D eigenvalue weighted by Crippen LogP contribution is -2.24. The van der Waals surface area contributed by atoms with Gasteiger partial charge < -0.3 is 9.47 Å². The van der Waals surface area contributed by atoms with E-state index >= 15 is 0 Å². The SMILES string of the molecule is C=P(C)(CC)CCCC1C(OC)CC(OC)C1CCCCC. The molecule has 0 bridgehead atoms. The Labute approximate surface area is 139 Å². The van der Waals surface area contributed by atoms with Crippen molar-refractivity contribution >= 4 is 13.2 Å². The summed E-state index contributed by atoms with van der Waals surface area (Å²) < 4.78 is 11.6. The van der Waals surface area contributed by atoms with Gasteiger partial charge in [0, 0.05) is 20.6 Å². The van der Waals surface area contributed by atoms with E-state index in [9.17, 15) is 0 Å². The van der Waals surface area contributed by atoms with Crippen molar-refractivity contribution in [2.45, 2.75) is 71.0 Å². The molecular formula is C19H39O2P. The van der Waals surface area contributed by atoms with Crippen LogP contribution in [-0.2, 0) is 9.47 Å². The van der Waals surface area contributed by atoms with E-state index in [1.807, 2.05) is 14.2 Å². The molecule has 1 saturated carbocycles. The molecule has 0 radical (unpaired) electrons. The second-order valence-electron chi connectivity index (χ2n) is 7.41. The molecule has 0 aromatic carbocycles. The summed E-state index contributed by atoms with van der Waals surface area (Å²) in [6, 6.07) is 0. The van der Waals surface area contributed by atoms with Gasteiger partial charge in [-0.05, 0) is 50.1 Å². The van der Waals surface area contributed by atoms with E-state index in [0.29, 0.717) is 24.0 Å². The number of hydrogen-bond donors (Lipinski definition) is 0. The Bertz CT molecular complexity index is 342. The van der Waals surface area contributed by atoms with Crippen molar-refractivity contribution in [3.05, 3.63) is 0 Å². The molecule has 132 valence electrons. The summed E-state index contributed by atoms with van der Waals surface area (Å²) in [6.45, 7) is 6.07. The largest absolute Gasteiger partial charge is 0.381 e. The summed E-state index contributed by atoms with van der Waals surface area (Å²) in [6.07, 6.45) is 16.8. The molecule has 1 aliphatic carbocycles. The van der Waals surface area contributed by atoms with Gasteiger partial charge >= 0.3 is 0 Å². The highest BCUT2D eigenvalue weighted by Gasteiger charge is 2.42. The molecule has 0 aliphatic heterocycles. The molecule has 0 aromatic heterocycles. The van der Waals surface area contributed by atoms with Crippen LogP contribution < -0.4 is 0 Å². The van der Waals surface area contributed by atoms with Crippen LogP contribution in [0.15, 0.2) is 0 Å². The van der Waals surface area contributed by atoms with E-state index in [1.54, 1.807) is 0 Å². The molecule has 0 N–H and O–H groups in total. The second-order valence-corrected chi connectivity index (χ2v) is 11.7. The molecule has 5 unspecified atom stereocenters. The summed E-state index contributed by atoms with van der Waals surface area (Å²) >= 11 is 0. The van der Waals surface area contributed by atoms with Crippen molar-refractivity contribution in [3.8, 4) is 0 Å². The van der Waals surface area contributed by atoms with E-state index in [0.717, 1.165) is 6.42 Å². The average Bonchev–Trinajstić information content (AvgIpc) is 2.85. The molecular weight excluding hydrogens is 291 g/mol. The van der Waals surface area contributed by atoms with Gasteiger partial charge in [0.05, 0.1) is 12.2 Å². The Morgan fingerprint density at radius 2 is 1.50 bits per heavy atom. The Kier molecular flexibility index (Phi) is 9.36. The lowest BCUT2D eigenvalue weighted by Gasteiger charge is -2.27. The summed E-state index contributed by atoms with van der Waals surface area (Å²) in [7, 11) is 3.76. The summed E-state index contributed by atoms with van der Waals surface area (Å²) in [5.41, 5.74) is 0. The lowest BCUT2D eigenvalue weighted by molar-refractivity contribution is 0.0542. The minimum absolute atomic E-state index is 0.396. The summed E-state index contributed by atoms with van der Waals surface area (Å²) in [4.78, 5) is 0. The van der Waals surface area contributed by atoms with E-state index in [4.69, 9.17) is 9.47 Å². The third-order valence-electron chi connectivity index (χ3n) is 5.71. The fourth-order valence-electron chi connectivity index (χ4n) is 3.97. The van der Waals surface area contributed by atoms with Gasteiger partial charge in [-0.15, -0.1) is 13.2 Å². The van der Waals surface area contributed by atoms with Gasteiger partial charge in [0.25, 0.3) is 0 Å². The van der Waals surface area contributed by atoms with Crippen molar-refractivity contribution < 1.29 is 9.47 Å². The zero-order valence-electron chi connectivity index (χ0n) is 15.6. The maximum absolute atomic E-state index is 5.81. The van der Waals surface area contributed by atoms with Crippen LogP contribution in [0.4, 0.5) is 0 Å². The molecule has 0 spiro atoms. The third-order valence-corrected chi connectivity index (χ3v) is 8.64. The van der Waals surface area contributed by atoms with E-state index in [2.05, 4.69) is 26.8 Å². The van der Waals surface area contributed by atoms with Crippen LogP contribution in [0, 0.1) is 11.8 Å². The Morgan fingerprint density at radius 3 is 1.95 bits per heavy atom. The highest BCUT2D eigenvalue weighted by molar-refractivity contribution is 7.72. The molecule has 2 nitrogen and oxygen atoms in total. The first-order chi connectivity index (χ1) is 10.5. The molecule has 0 aromatic rings. The molecule has 3 heteroatoms. The summed E-state index contributed by atoms with van der Waals surface area (Å²) in [5, 5.41) is 0. The van der Waals surface area contributed by atoms with Crippen LogP contribution in [-0.4, -0.2) is 51.7 Å². The van der Waals surface area contributed by atoms with Gasteiger partial charge in [-0.2, -0.15) is 0 Å². The first kappa shape index (κ1) is 20.3. The van der Waals surface area contributed by atoms with E-state index < -0.39 is 6.89 Å². The zero-order valence-corrected chi connectivity index (χ0v) is 16.5. The van der Waals surface area contributed by atoms with Crippen LogP contribution in [0.1, 0.15) is 58.8 Å². The van der Waals surface area contributed by atoms with Gasteiger partial charge in [-0.1, -0.05) is 33.1 Å². The molecule has 5 atom stereocenters. The fourth-order valence-corrected chi connectivity index (χ4v) is 5.23. The number of rotatable bonds is 11. The predicted molar refractivity (Wildman–Crippen MR) is 102 cm³/mol. The minimum atomic E-state index is -0.898. The van der Waals surface area contributed by atoms with Gasteiger partial charge in [0.2, 0.25) is 0 Å². The highest BCUT2D eigenvalue weighted by Crippen LogP contribution is 2.45. The number of ether oxygens (including phenoxy) is 2. The topological polar surface area (TPSA) is 18.5 Å². The maximum atomic E-state index is 5.81. The summed E-state index contributed by atoms with van der Waals surface area (Å²) in [5.74, 6) is 1.38. The van der Waals surface area contributed by atoms with E-state index in [1.165, 1.54) is 50.8 Å². The highest BCUT2D eigenvalue weighted by atomic mass is 31.2. The Balaban J connectivity index is 2.61. The van der Waals surface area contributed by atoms with Crippen LogP contribution in [0.5, 0.6) is 0 Å². The maximum Gasteiger partial charge on any atom is 0.0627 e. The Morgan fingerprint density at radius 1 is 0.955 bits per heavy atom. The quantitative estimate of drug-likeness (QED) is 0.387. The number of hydrogen-bond acceptors (Lipinski definition) is 2. The predicted octanol–water partition coefficient (Wildman–Crippen LogP) is 5.11. The fraction of sp³-hybridized carbons (Fsp3) is 0.947. The third kappa shape index (κ3) is 6.02. The molecule has 0 heterocycles. The van der Waals surface area contributed by atoms with Crippen LogP contribution in [0.2, 0.25) is 0 Å². The first-order valence-electron chi connectivity index (χ1n) is 9.23. The number of methoxy groups -OCH3 is 2. The second kappa shape index (κ2) is 10.2. The normalized spacial score (nSPS) is 31.3. The van der Waals surface area contributed by atoms with E-state index in [-0.39, 0.29) is 0 Å². The van der Waals surface area contributed by atoms with Gasteiger partial charge in [-0.3, -0.25) is 0 Å². The van der Waals surface area contributed by atoms with Crippen molar-refractivity contribution in [3.63, 3.8) is 0 Å². The molecule has 0 amide bonds. The smallest absolute Gasteiger partial charge is 0.0627 e. The molecule has 0 saturated heterocycles. The average molecular weight is 330 g/mol. The standard InChI is InChI=1S/C19H39O2P/c1-7-9-10-12-16-17(13-11-14-22(5,6)8-2)19(21-4)15-18(16)20-3/h16-19H,5,7-15H2,1-4,6H3. The van der Waals surface area contributed by atoms with Gasteiger partial charge in [0.1, 0.15) is 0 Å². The van der Waals surface area contributed by atoms with Crippen LogP contribution >= 0.6 is 6.89 Å². The Hall–Kier alpha value is 0.220. The van der Waals surface area contributed by atoms with Crippen LogP contribution in [0.25, 0.3) is 0 Å². The molecule has 1 rings (SSSR count). The molecule has 22 heavy (non-hydrogen) atoms.